The molecule has 0 radical (unpaired) electrons. The van der Waals surface area contributed by atoms with Gasteiger partial charge in [-0.1, -0.05) is 12.1 Å². The fraction of sp³-hybridized carbons (Fsp3) is 0.545. The van der Waals surface area contributed by atoms with Gasteiger partial charge in [0.05, 0.1) is 19.9 Å². The van der Waals surface area contributed by atoms with E-state index in [1.54, 1.807) is 14.2 Å². The summed E-state index contributed by atoms with van der Waals surface area (Å²) in [4.78, 5) is 16.5. The predicted molar refractivity (Wildman–Crippen MR) is 114 cm³/mol. The summed E-state index contributed by atoms with van der Waals surface area (Å²) in [5, 5.41) is 0. The Morgan fingerprint density at radius 2 is 1.59 bits per heavy atom. The van der Waals surface area contributed by atoms with E-state index in [4.69, 9.17) is 14.5 Å². The number of para-hydroxylation sites is 1. The molecule has 2 aliphatic rings. The van der Waals surface area contributed by atoms with E-state index in [-0.39, 0.29) is 0 Å². The molecule has 0 N–H and O–H groups in total. The molecule has 2 aliphatic heterocycles. The highest BCUT2D eigenvalue weighted by atomic mass is 16.5. The third-order valence-electron chi connectivity index (χ3n) is 5.82. The molecule has 0 amide bonds. The van der Waals surface area contributed by atoms with Crippen molar-refractivity contribution in [3.8, 4) is 11.5 Å². The van der Waals surface area contributed by atoms with Gasteiger partial charge in [0.25, 0.3) is 0 Å². The Bertz CT molecular complexity index is 802. The van der Waals surface area contributed by atoms with E-state index in [1.165, 1.54) is 18.4 Å². The molecule has 7 nitrogen and oxygen atoms in total. The zero-order valence-electron chi connectivity index (χ0n) is 17.5. The van der Waals surface area contributed by atoms with Crippen molar-refractivity contribution >= 4 is 5.95 Å². The Morgan fingerprint density at radius 1 is 0.862 bits per heavy atom. The number of hydrogen-bond acceptors (Lipinski definition) is 7. The van der Waals surface area contributed by atoms with Crippen LogP contribution in [0, 0.1) is 0 Å². The molecular weight excluding hydrogens is 366 g/mol. The molecule has 0 bridgehead atoms. The first-order chi connectivity index (χ1) is 14.3. The first-order valence-corrected chi connectivity index (χ1v) is 10.5. The average molecular weight is 398 g/mol. The highest BCUT2D eigenvalue weighted by molar-refractivity contribution is 5.46. The molecule has 1 aromatic heterocycles. The topological polar surface area (TPSA) is 54.0 Å². The molecule has 0 unspecified atom stereocenters. The van der Waals surface area contributed by atoms with Gasteiger partial charge in [0.15, 0.2) is 11.5 Å². The van der Waals surface area contributed by atoms with Gasteiger partial charge >= 0.3 is 0 Å². The zero-order valence-corrected chi connectivity index (χ0v) is 17.5. The summed E-state index contributed by atoms with van der Waals surface area (Å²) >= 11 is 0. The van der Waals surface area contributed by atoms with Gasteiger partial charge in [0, 0.05) is 64.1 Å². The summed E-state index contributed by atoms with van der Waals surface area (Å²) in [5.41, 5.74) is 2.29. The lowest BCUT2D eigenvalue weighted by Gasteiger charge is -2.34. The molecule has 2 fully saturated rings. The summed E-state index contributed by atoms with van der Waals surface area (Å²) in [7, 11) is 3.39. The van der Waals surface area contributed by atoms with Crippen LogP contribution in [-0.2, 0) is 13.1 Å². The van der Waals surface area contributed by atoms with Crippen molar-refractivity contribution in [2.45, 2.75) is 25.9 Å². The van der Waals surface area contributed by atoms with E-state index in [2.05, 4.69) is 25.8 Å². The van der Waals surface area contributed by atoms with Crippen molar-refractivity contribution in [2.24, 2.45) is 0 Å². The second kappa shape index (κ2) is 9.41. The fourth-order valence-corrected chi connectivity index (χ4v) is 4.20. The van der Waals surface area contributed by atoms with Gasteiger partial charge in [-0.2, -0.15) is 0 Å². The quantitative estimate of drug-likeness (QED) is 0.711. The summed E-state index contributed by atoms with van der Waals surface area (Å²) in [5.74, 6) is 2.53. The Hall–Kier alpha value is -2.38. The van der Waals surface area contributed by atoms with Gasteiger partial charge in [-0.3, -0.25) is 9.80 Å². The van der Waals surface area contributed by atoms with Crippen LogP contribution in [0.4, 0.5) is 5.95 Å². The van der Waals surface area contributed by atoms with Crippen molar-refractivity contribution in [1.82, 2.24) is 19.8 Å². The third kappa shape index (κ3) is 4.79. The molecule has 2 saturated heterocycles. The highest BCUT2D eigenvalue weighted by Crippen LogP contribution is 2.31. The Morgan fingerprint density at radius 3 is 2.28 bits per heavy atom. The van der Waals surface area contributed by atoms with Gasteiger partial charge in [-0.15, -0.1) is 0 Å². The number of benzene rings is 1. The highest BCUT2D eigenvalue weighted by Gasteiger charge is 2.21. The Kier molecular flexibility index (Phi) is 6.46. The first kappa shape index (κ1) is 19.9. The SMILES string of the molecule is COc1cccc(CN2CCN(Cc3ccnc(N4CCCC4)n3)CC2)c1OC. The number of rotatable bonds is 7. The van der Waals surface area contributed by atoms with Crippen LogP contribution in [0.2, 0.25) is 0 Å². The molecule has 0 spiro atoms. The number of methoxy groups -OCH3 is 2. The maximum atomic E-state index is 5.58. The molecule has 3 heterocycles. The van der Waals surface area contributed by atoms with Crippen molar-refractivity contribution < 1.29 is 9.47 Å². The Labute approximate surface area is 173 Å². The van der Waals surface area contributed by atoms with E-state index >= 15 is 0 Å². The molecule has 0 atom stereocenters. The lowest BCUT2D eigenvalue weighted by Crippen LogP contribution is -2.45. The normalized spacial score (nSPS) is 18.2. The van der Waals surface area contributed by atoms with E-state index in [9.17, 15) is 0 Å². The first-order valence-electron chi connectivity index (χ1n) is 10.5. The summed E-state index contributed by atoms with van der Waals surface area (Å²) in [6, 6.07) is 8.14. The molecule has 1 aromatic carbocycles. The van der Waals surface area contributed by atoms with Crippen LogP contribution in [0.5, 0.6) is 11.5 Å². The molecule has 0 saturated carbocycles. The molecular formula is C22H31N5O2. The Balaban J connectivity index is 1.32. The van der Waals surface area contributed by atoms with Crippen LogP contribution in [0.3, 0.4) is 0 Å². The minimum absolute atomic E-state index is 0.793. The number of anilines is 1. The molecule has 2 aromatic rings. The van der Waals surface area contributed by atoms with Gasteiger partial charge in [-0.25, -0.2) is 9.97 Å². The molecule has 156 valence electrons. The minimum atomic E-state index is 0.793. The smallest absolute Gasteiger partial charge is 0.225 e. The molecule has 29 heavy (non-hydrogen) atoms. The molecule has 0 aliphatic carbocycles. The largest absolute Gasteiger partial charge is 0.493 e. The number of piperazine rings is 1. The minimum Gasteiger partial charge on any atom is -0.493 e. The van der Waals surface area contributed by atoms with Crippen molar-refractivity contribution in [3.05, 3.63) is 41.7 Å². The van der Waals surface area contributed by atoms with E-state index in [0.29, 0.717) is 0 Å². The zero-order chi connectivity index (χ0) is 20.1. The van der Waals surface area contributed by atoms with Crippen LogP contribution in [0.25, 0.3) is 0 Å². The monoisotopic (exact) mass is 397 g/mol. The van der Waals surface area contributed by atoms with E-state index < -0.39 is 0 Å². The van der Waals surface area contributed by atoms with Crippen LogP contribution < -0.4 is 14.4 Å². The summed E-state index contributed by atoms with van der Waals surface area (Å²) in [6.45, 7) is 8.06. The fourth-order valence-electron chi connectivity index (χ4n) is 4.20. The molecule has 7 heteroatoms. The van der Waals surface area contributed by atoms with Crippen molar-refractivity contribution in [3.63, 3.8) is 0 Å². The van der Waals surface area contributed by atoms with Gasteiger partial charge in [0.2, 0.25) is 5.95 Å². The van der Waals surface area contributed by atoms with Crippen LogP contribution >= 0.6 is 0 Å². The van der Waals surface area contributed by atoms with Crippen LogP contribution in [-0.4, -0.2) is 73.3 Å². The van der Waals surface area contributed by atoms with Gasteiger partial charge < -0.3 is 14.4 Å². The lowest BCUT2D eigenvalue weighted by atomic mass is 10.1. The van der Waals surface area contributed by atoms with Gasteiger partial charge in [0.1, 0.15) is 0 Å². The van der Waals surface area contributed by atoms with Gasteiger partial charge in [-0.05, 0) is 25.0 Å². The van der Waals surface area contributed by atoms with E-state index in [0.717, 1.165) is 75.5 Å². The maximum absolute atomic E-state index is 5.58. The maximum Gasteiger partial charge on any atom is 0.225 e. The average Bonchev–Trinajstić information content (AvgIpc) is 3.30. The second-order valence-electron chi connectivity index (χ2n) is 7.75. The second-order valence-corrected chi connectivity index (χ2v) is 7.75. The van der Waals surface area contributed by atoms with Crippen molar-refractivity contribution in [1.29, 1.82) is 0 Å². The number of nitrogens with zero attached hydrogens (tertiary/aromatic N) is 5. The van der Waals surface area contributed by atoms with Crippen LogP contribution in [0.1, 0.15) is 24.1 Å². The van der Waals surface area contributed by atoms with Crippen LogP contribution in [0.15, 0.2) is 30.5 Å². The lowest BCUT2D eigenvalue weighted by molar-refractivity contribution is 0.120. The number of ether oxygens (including phenoxy) is 2. The van der Waals surface area contributed by atoms with Crippen molar-refractivity contribution in [2.75, 3.05) is 58.4 Å². The number of hydrogen-bond donors (Lipinski definition) is 0. The summed E-state index contributed by atoms with van der Waals surface area (Å²) < 4.78 is 11.0. The molecule has 4 rings (SSSR count). The summed E-state index contributed by atoms with van der Waals surface area (Å²) in [6.07, 6.45) is 4.39. The number of aromatic nitrogens is 2. The predicted octanol–water partition coefficient (Wildman–Crippen LogP) is 2.41. The standard InChI is InChI=1S/C22H31N5O2/c1-28-20-7-5-6-18(21(20)29-2)16-25-12-14-26(15-13-25)17-19-8-9-23-22(24-19)27-10-3-4-11-27/h5-9H,3-4,10-17H2,1-2H3. The third-order valence-corrected chi connectivity index (χ3v) is 5.82. The van der Waals surface area contributed by atoms with E-state index in [1.807, 2.05) is 24.4 Å².